The van der Waals surface area contributed by atoms with Crippen molar-refractivity contribution in [2.75, 3.05) is 19.0 Å². The molecule has 1 saturated carbocycles. The van der Waals surface area contributed by atoms with Gasteiger partial charge in [-0.3, -0.25) is 0 Å². The number of benzene rings is 1. The first kappa shape index (κ1) is 16.1. The summed E-state index contributed by atoms with van der Waals surface area (Å²) in [6.07, 6.45) is 3.28. The van der Waals surface area contributed by atoms with Gasteiger partial charge in [-0.2, -0.15) is 0 Å². The van der Waals surface area contributed by atoms with Crippen LogP contribution in [-0.4, -0.2) is 31.3 Å². The van der Waals surface area contributed by atoms with Crippen molar-refractivity contribution in [2.24, 2.45) is 0 Å². The van der Waals surface area contributed by atoms with Crippen molar-refractivity contribution in [2.45, 2.75) is 44.2 Å². The summed E-state index contributed by atoms with van der Waals surface area (Å²) >= 11 is 6.22. The lowest BCUT2D eigenvalue weighted by Gasteiger charge is -2.42. The Morgan fingerprint density at radius 2 is 2.19 bits per heavy atom. The van der Waals surface area contributed by atoms with E-state index in [1.54, 1.807) is 13.2 Å². The topological polar surface area (TPSA) is 47.6 Å². The third-order valence-corrected chi connectivity index (χ3v) is 4.32. The van der Waals surface area contributed by atoms with Gasteiger partial charge in [-0.15, -0.1) is 0 Å². The van der Waals surface area contributed by atoms with Gasteiger partial charge in [0.2, 0.25) is 0 Å². The summed E-state index contributed by atoms with van der Waals surface area (Å²) < 4.78 is 10.9. The number of ether oxygens (including phenoxy) is 2. The van der Waals surface area contributed by atoms with E-state index in [1.165, 1.54) is 0 Å². The van der Waals surface area contributed by atoms with Crippen LogP contribution in [0.15, 0.2) is 24.3 Å². The third-order valence-electron chi connectivity index (χ3n) is 3.99. The molecule has 2 rings (SSSR count). The van der Waals surface area contributed by atoms with Crippen molar-refractivity contribution in [1.29, 1.82) is 0 Å². The Hall–Kier alpha value is -1.26. The maximum absolute atomic E-state index is 12.6. The molecule has 21 heavy (non-hydrogen) atoms. The van der Waals surface area contributed by atoms with Crippen LogP contribution < -0.4 is 5.32 Å². The van der Waals surface area contributed by atoms with E-state index in [0.717, 1.165) is 24.9 Å². The highest BCUT2D eigenvalue weighted by Gasteiger charge is 2.49. The van der Waals surface area contributed by atoms with Gasteiger partial charge in [0.15, 0.2) is 5.54 Å². The second-order valence-electron chi connectivity index (χ2n) is 5.27. The molecule has 0 aromatic heterocycles. The molecule has 1 fully saturated rings. The maximum atomic E-state index is 12.6. The first-order chi connectivity index (χ1) is 10.1. The van der Waals surface area contributed by atoms with Crippen molar-refractivity contribution in [3.63, 3.8) is 0 Å². The number of esters is 1. The van der Waals surface area contributed by atoms with Crippen molar-refractivity contribution in [3.05, 3.63) is 29.3 Å². The molecular weight excluding hydrogens is 290 g/mol. The number of anilines is 1. The lowest BCUT2D eigenvalue weighted by molar-refractivity contribution is -0.156. The summed E-state index contributed by atoms with van der Waals surface area (Å²) in [5, 5.41) is 3.90. The second-order valence-corrected chi connectivity index (χ2v) is 5.67. The predicted octanol–water partition coefficient (Wildman–Crippen LogP) is 3.64. The summed E-state index contributed by atoms with van der Waals surface area (Å²) in [5.41, 5.74) is -0.134. The SMILES string of the molecule is CCOC(=O)C1(Nc2ccccc2Cl)CCCCC1OC. The minimum atomic E-state index is -0.867. The van der Waals surface area contributed by atoms with Gasteiger partial charge in [-0.1, -0.05) is 36.6 Å². The van der Waals surface area contributed by atoms with Gasteiger partial charge in [0.25, 0.3) is 0 Å². The highest BCUT2D eigenvalue weighted by atomic mass is 35.5. The van der Waals surface area contributed by atoms with E-state index in [4.69, 9.17) is 21.1 Å². The monoisotopic (exact) mass is 311 g/mol. The van der Waals surface area contributed by atoms with E-state index in [0.29, 0.717) is 18.1 Å². The summed E-state index contributed by atoms with van der Waals surface area (Å²) in [6, 6.07) is 7.41. The van der Waals surface area contributed by atoms with Gasteiger partial charge in [0.05, 0.1) is 23.4 Å². The van der Waals surface area contributed by atoms with E-state index in [2.05, 4.69) is 5.32 Å². The highest BCUT2D eigenvalue weighted by molar-refractivity contribution is 6.33. The van der Waals surface area contributed by atoms with Crippen molar-refractivity contribution in [3.8, 4) is 0 Å². The molecule has 0 spiro atoms. The first-order valence-corrected chi connectivity index (χ1v) is 7.74. The lowest BCUT2D eigenvalue weighted by Crippen LogP contribution is -2.58. The zero-order valence-corrected chi connectivity index (χ0v) is 13.3. The van der Waals surface area contributed by atoms with Crippen molar-refractivity contribution in [1.82, 2.24) is 0 Å². The van der Waals surface area contributed by atoms with E-state index in [1.807, 2.05) is 25.1 Å². The standard InChI is InChI=1S/C16H22ClNO3/c1-3-21-15(19)16(11-7-6-10-14(16)20-2)18-13-9-5-4-8-12(13)17/h4-5,8-9,14,18H,3,6-7,10-11H2,1-2H3. The van der Waals surface area contributed by atoms with Gasteiger partial charge in [-0.05, 0) is 31.9 Å². The molecule has 5 heteroatoms. The van der Waals surface area contributed by atoms with Gasteiger partial charge in [0.1, 0.15) is 0 Å². The third kappa shape index (κ3) is 3.33. The van der Waals surface area contributed by atoms with E-state index in [-0.39, 0.29) is 12.1 Å². The molecule has 0 amide bonds. The minimum Gasteiger partial charge on any atom is -0.464 e. The normalized spacial score (nSPS) is 25.4. The molecule has 1 aromatic rings. The average molecular weight is 312 g/mol. The molecule has 0 radical (unpaired) electrons. The van der Waals surface area contributed by atoms with Gasteiger partial charge in [-0.25, -0.2) is 4.79 Å². The lowest BCUT2D eigenvalue weighted by atomic mass is 9.78. The van der Waals surface area contributed by atoms with Crippen LogP contribution in [0.3, 0.4) is 0 Å². The van der Waals surface area contributed by atoms with Crippen LogP contribution >= 0.6 is 11.6 Å². The van der Waals surface area contributed by atoms with Gasteiger partial charge >= 0.3 is 5.97 Å². The van der Waals surface area contributed by atoms with Crippen LogP contribution in [0.5, 0.6) is 0 Å². The Morgan fingerprint density at radius 1 is 1.43 bits per heavy atom. The zero-order chi connectivity index (χ0) is 15.3. The highest BCUT2D eigenvalue weighted by Crippen LogP contribution is 2.36. The number of hydrogen-bond donors (Lipinski definition) is 1. The van der Waals surface area contributed by atoms with Crippen molar-refractivity contribution >= 4 is 23.3 Å². The van der Waals surface area contributed by atoms with E-state index >= 15 is 0 Å². The molecule has 0 aliphatic heterocycles. The largest absolute Gasteiger partial charge is 0.464 e. The molecule has 1 aliphatic carbocycles. The van der Waals surface area contributed by atoms with E-state index < -0.39 is 5.54 Å². The number of methoxy groups -OCH3 is 1. The number of nitrogens with one attached hydrogen (secondary N) is 1. The number of rotatable bonds is 5. The summed E-state index contributed by atoms with van der Waals surface area (Å²) in [4.78, 5) is 12.6. The second kappa shape index (κ2) is 7.14. The first-order valence-electron chi connectivity index (χ1n) is 7.36. The summed E-state index contributed by atoms with van der Waals surface area (Å²) in [5.74, 6) is -0.267. The van der Waals surface area contributed by atoms with Gasteiger partial charge < -0.3 is 14.8 Å². The van der Waals surface area contributed by atoms with Crippen LogP contribution in [0.4, 0.5) is 5.69 Å². The quantitative estimate of drug-likeness (QED) is 0.843. The van der Waals surface area contributed by atoms with Crippen LogP contribution in [-0.2, 0) is 14.3 Å². The number of carbonyl (C=O) groups excluding carboxylic acids is 1. The Balaban J connectivity index is 2.35. The number of halogens is 1. The molecule has 0 heterocycles. The predicted molar refractivity (Wildman–Crippen MR) is 83.7 cm³/mol. The molecule has 2 unspecified atom stereocenters. The molecule has 0 saturated heterocycles. The van der Waals surface area contributed by atoms with Crippen LogP contribution in [0.25, 0.3) is 0 Å². The Bertz CT molecular complexity index is 494. The molecule has 1 aliphatic rings. The fourth-order valence-corrected chi connectivity index (χ4v) is 3.13. The Kier molecular flexibility index (Phi) is 5.48. The number of para-hydroxylation sites is 1. The molecule has 1 aromatic carbocycles. The minimum absolute atomic E-state index is 0.221. The maximum Gasteiger partial charge on any atom is 0.334 e. The molecular formula is C16H22ClNO3. The molecule has 0 bridgehead atoms. The molecule has 4 nitrogen and oxygen atoms in total. The molecule has 116 valence electrons. The van der Waals surface area contributed by atoms with Crippen LogP contribution in [0.1, 0.15) is 32.6 Å². The number of hydrogen-bond acceptors (Lipinski definition) is 4. The summed E-state index contributed by atoms with van der Waals surface area (Å²) in [6.45, 7) is 2.16. The smallest absolute Gasteiger partial charge is 0.334 e. The summed E-state index contributed by atoms with van der Waals surface area (Å²) in [7, 11) is 1.64. The molecule has 2 atom stereocenters. The van der Waals surface area contributed by atoms with Crippen LogP contribution in [0.2, 0.25) is 5.02 Å². The number of carbonyl (C=O) groups is 1. The molecule has 1 N–H and O–H groups in total. The fourth-order valence-electron chi connectivity index (χ4n) is 2.95. The fraction of sp³-hybridized carbons (Fsp3) is 0.562. The van der Waals surface area contributed by atoms with Crippen molar-refractivity contribution < 1.29 is 14.3 Å². The average Bonchev–Trinajstić information content (AvgIpc) is 2.50. The van der Waals surface area contributed by atoms with Gasteiger partial charge in [0, 0.05) is 7.11 Å². The Labute approximate surface area is 130 Å². The Morgan fingerprint density at radius 3 is 2.86 bits per heavy atom. The zero-order valence-electron chi connectivity index (χ0n) is 12.5. The van der Waals surface area contributed by atoms with E-state index in [9.17, 15) is 4.79 Å². The van der Waals surface area contributed by atoms with Crippen LogP contribution in [0, 0.1) is 0 Å².